The summed E-state index contributed by atoms with van der Waals surface area (Å²) in [4.78, 5) is 8.83. The minimum Gasteiger partial charge on any atom is -0.507 e. The second-order valence-corrected chi connectivity index (χ2v) is 5.55. The number of rotatable bonds is 4. The maximum absolute atomic E-state index is 9.80. The van der Waals surface area contributed by atoms with Crippen molar-refractivity contribution < 1.29 is 10.2 Å². The minimum absolute atomic E-state index is 0.158. The van der Waals surface area contributed by atoms with Crippen molar-refractivity contribution >= 4 is 23.3 Å². The summed E-state index contributed by atoms with van der Waals surface area (Å²) in [5.74, 6) is 0.360. The maximum Gasteiger partial charge on any atom is 0.141 e. The van der Waals surface area contributed by atoms with Crippen molar-refractivity contribution in [2.75, 3.05) is 0 Å². The summed E-state index contributed by atoms with van der Waals surface area (Å²) in [6.07, 6.45) is 1.63. The highest BCUT2D eigenvalue weighted by Gasteiger charge is 2.02. The van der Waals surface area contributed by atoms with Gasteiger partial charge in [-0.15, -0.1) is 0 Å². The molecule has 0 aliphatic heterocycles. The van der Waals surface area contributed by atoms with Crippen LogP contribution in [0.5, 0.6) is 11.5 Å². The zero-order valence-electron chi connectivity index (χ0n) is 13.8. The molecule has 4 nitrogen and oxygen atoms in total. The highest BCUT2D eigenvalue weighted by atomic mass is 16.3. The highest BCUT2D eigenvalue weighted by Crippen LogP contribution is 2.26. The van der Waals surface area contributed by atoms with Crippen LogP contribution in [0, 0.1) is 0 Å². The van der Waals surface area contributed by atoms with Gasteiger partial charge in [0.25, 0.3) is 0 Å². The molecule has 0 fully saturated rings. The molecule has 3 aromatic carbocycles. The predicted octanol–water partition coefficient (Wildman–Crippen LogP) is 4.99. The van der Waals surface area contributed by atoms with Gasteiger partial charge in [0.15, 0.2) is 0 Å². The van der Waals surface area contributed by atoms with Gasteiger partial charge < -0.3 is 10.2 Å². The molecule has 0 saturated heterocycles. The molecule has 0 spiro atoms. The van der Waals surface area contributed by atoms with Gasteiger partial charge in [-0.25, -0.2) is 4.99 Å². The second-order valence-electron chi connectivity index (χ2n) is 5.55. The van der Waals surface area contributed by atoms with Crippen LogP contribution in [0.15, 0.2) is 82.8 Å². The lowest BCUT2D eigenvalue weighted by Gasteiger charge is -2.03. The quantitative estimate of drug-likeness (QED) is 0.662. The predicted molar refractivity (Wildman–Crippen MR) is 102 cm³/mol. The molecule has 0 aliphatic rings. The topological polar surface area (TPSA) is 65.2 Å². The third kappa shape index (κ3) is 4.12. The van der Waals surface area contributed by atoms with Crippen LogP contribution in [0.25, 0.3) is 0 Å². The van der Waals surface area contributed by atoms with Crippen molar-refractivity contribution in [2.24, 2.45) is 9.98 Å². The van der Waals surface area contributed by atoms with Crippen molar-refractivity contribution in [1.29, 1.82) is 0 Å². The summed E-state index contributed by atoms with van der Waals surface area (Å²) >= 11 is 0. The summed E-state index contributed by atoms with van der Waals surface area (Å²) in [6, 6.07) is 21.7. The molecule has 0 aliphatic carbocycles. The fraction of sp³-hybridized carbons (Fsp3) is 0.0476. The van der Waals surface area contributed by atoms with E-state index in [0.29, 0.717) is 11.3 Å². The van der Waals surface area contributed by atoms with Crippen LogP contribution >= 0.6 is 0 Å². The Bertz CT molecular complexity index is 929. The molecule has 0 radical (unpaired) electrons. The van der Waals surface area contributed by atoms with Crippen molar-refractivity contribution in [3.63, 3.8) is 0 Å². The number of hydrogen-bond donors (Lipinski definition) is 2. The van der Waals surface area contributed by atoms with Gasteiger partial charge in [0.1, 0.15) is 17.2 Å². The third-order valence-electron chi connectivity index (χ3n) is 3.74. The van der Waals surface area contributed by atoms with Gasteiger partial charge in [-0.05, 0) is 48.9 Å². The highest BCUT2D eigenvalue weighted by molar-refractivity contribution is 6.00. The molecule has 25 heavy (non-hydrogen) atoms. The van der Waals surface area contributed by atoms with Crippen LogP contribution in [0.1, 0.15) is 18.1 Å². The Morgan fingerprint density at radius 2 is 1.44 bits per heavy atom. The van der Waals surface area contributed by atoms with Gasteiger partial charge in [0.2, 0.25) is 0 Å². The van der Waals surface area contributed by atoms with Gasteiger partial charge >= 0.3 is 0 Å². The Morgan fingerprint density at radius 3 is 2.12 bits per heavy atom. The average molecular weight is 330 g/mol. The van der Waals surface area contributed by atoms with Gasteiger partial charge in [-0.3, -0.25) is 4.99 Å². The van der Waals surface area contributed by atoms with Crippen molar-refractivity contribution in [3.05, 3.63) is 83.9 Å². The first-order valence-corrected chi connectivity index (χ1v) is 7.89. The Balaban J connectivity index is 1.78. The smallest absolute Gasteiger partial charge is 0.141 e. The van der Waals surface area contributed by atoms with E-state index in [1.165, 1.54) is 0 Å². The molecule has 3 rings (SSSR count). The van der Waals surface area contributed by atoms with Crippen LogP contribution in [0.2, 0.25) is 0 Å². The van der Waals surface area contributed by atoms with E-state index in [-0.39, 0.29) is 11.5 Å². The van der Waals surface area contributed by atoms with Crippen LogP contribution < -0.4 is 0 Å². The molecule has 0 saturated carbocycles. The standard InChI is InChI=1S/C21H18N2O2/c1-15(23-19-7-3-5-9-21(19)25)16-10-12-18(13-11-16)22-14-17-6-2-4-8-20(17)24/h2-14,24-25H,1H3. The van der Waals surface area contributed by atoms with Crippen molar-refractivity contribution in [1.82, 2.24) is 0 Å². The molecule has 0 atom stereocenters. The SMILES string of the molecule is CC(=Nc1ccccc1O)c1ccc(N=Cc2ccccc2O)cc1. The summed E-state index contributed by atoms with van der Waals surface area (Å²) in [5.41, 5.74) is 3.75. The maximum atomic E-state index is 9.80. The van der Waals surface area contributed by atoms with E-state index in [4.69, 9.17) is 0 Å². The molecular weight excluding hydrogens is 312 g/mol. The number of aromatic hydroxyl groups is 2. The van der Waals surface area contributed by atoms with E-state index >= 15 is 0 Å². The normalized spacial score (nSPS) is 11.8. The zero-order valence-corrected chi connectivity index (χ0v) is 13.8. The average Bonchev–Trinajstić information content (AvgIpc) is 2.63. The largest absolute Gasteiger partial charge is 0.507 e. The van der Waals surface area contributed by atoms with Crippen LogP contribution in [-0.4, -0.2) is 22.1 Å². The molecule has 4 heteroatoms. The zero-order chi connectivity index (χ0) is 17.6. The van der Waals surface area contributed by atoms with Crippen molar-refractivity contribution in [2.45, 2.75) is 6.92 Å². The van der Waals surface area contributed by atoms with Crippen LogP contribution in [0.4, 0.5) is 11.4 Å². The molecule has 0 bridgehead atoms. The van der Waals surface area contributed by atoms with E-state index in [2.05, 4.69) is 9.98 Å². The summed E-state index contributed by atoms with van der Waals surface area (Å²) in [7, 11) is 0. The molecule has 0 amide bonds. The number of hydrogen-bond acceptors (Lipinski definition) is 4. The van der Waals surface area contributed by atoms with E-state index in [1.807, 2.05) is 43.3 Å². The number of phenolic OH excluding ortho intramolecular Hbond substituents is 2. The monoisotopic (exact) mass is 330 g/mol. The molecule has 2 N–H and O–H groups in total. The fourth-order valence-corrected chi connectivity index (χ4v) is 2.33. The number of para-hydroxylation sites is 3. The molecule has 124 valence electrons. The van der Waals surface area contributed by atoms with Gasteiger partial charge in [0, 0.05) is 17.5 Å². The third-order valence-corrected chi connectivity index (χ3v) is 3.74. The molecule has 0 unspecified atom stereocenters. The number of aliphatic imine (C=N–C) groups is 2. The first kappa shape index (κ1) is 16.5. The summed E-state index contributed by atoms with van der Waals surface area (Å²) in [5, 5.41) is 19.5. The lowest BCUT2D eigenvalue weighted by molar-refractivity contribution is 0.474. The number of nitrogens with zero attached hydrogens (tertiary/aromatic N) is 2. The molecular formula is C21H18N2O2. The molecule has 0 aromatic heterocycles. The minimum atomic E-state index is 0.158. The Hall–Kier alpha value is -3.40. The van der Waals surface area contributed by atoms with E-state index in [9.17, 15) is 10.2 Å². The Morgan fingerprint density at radius 1 is 0.800 bits per heavy atom. The second kappa shape index (κ2) is 7.45. The fourth-order valence-electron chi connectivity index (χ4n) is 2.33. The Kier molecular flexibility index (Phi) is 4.90. The first-order chi connectivity index (χ1) is 12.1. The van der Waals surface area contributed by atoms with E-state index < -0.39 is 0 Å². The van der Waals surface area contributed by atoms with E-state index in [1.54, 1.807) is 42.6 Å². The van der Waals surface area contributed by atoms with Crippen molar-refractivity contribution in [3.8, 4) is 11.5 Å². The number of phenols is 2. The van der Waals surface area contributed by atoms with Crippen LogP contribution in [0.3, 0.4) is 0 Å². The van der Waals surface area contributed by atoms with Crippen LogP contribution in [-0.2, 0) is 0 Å². The van der Waals surface area contributed by atoms with Gasteiger partial charge in [0.05, 0.1) is 5.69 Å². The summed E-state index contributed by atoms with van der Waals surface area (Å²) in [6.45, 7) is 1.90. The molecule has 3 aromatic rings. The Labute approximate surface area is 146 Å². The summed E-state index contributed by atoms with van der Waals surface area (Å²) < 4.78 is 0. The van der Waals surface area contributed by atoms with Gasteiger partial charge in [-0.2, -0.15) is 0 Å². The lowest BCUT2D eigenvalue weighted by Crippen LogP contribution is -1.93. The number of benzene rings is 3. The van der Waals surface area contributed by atoms with Gasteiger partial charge in [-0.1, -0.05) is 36.4 Å². The van der Waals surface area contributed by atoms with E-state index in [0.717, 1.165) is 17.0 Å². The first-order valence-electron chi connectivity index (χ1n) is 7.89. The lowest BCUT2D eigenvalue weighted by atomic mass is 10.1. The molecule has 0 heterocycles.